The molecule has 1 aromatic carbocycles. The van der Waals surface area contributed by atoms with E-state index in [-0.39, 0.29) is 0 Å². The molecule has 0 aliphatic carbocycles. The van der Waals surface area contributed by atoms with Gasteiger partial charge in [0.25, 0.3) is 0 Å². The standard InChI is InChI=1S/C15H23NO2/c1-5-16-11-13-10-14(17-4)6-7-15(13)18-9-8-12(2)3/h6-7,10,16H,2,5,8-9,11H2,1,3-4H3. The van der Waals surface area contributed by atoms with Crippen LogP contribution in [0.1, 0.15) is 25.8 Å². The summed E-state index contributed by atoms with van der Waals surface area (Å²) in [7, 11) is 1.67. The number of hydrogen-bond acceptors (Lipinski definition) is 3. The molecule has 0 saturated heterocycles. The largest absolute Gasteiger partial charge is 0.497 e. The fraction of sp³-hybridized carbons (Fsp3) is 0.467. The summed E-state index contributed by atoms with van der Waals surface area (Å²) in [5, 5.41) is 3.30. The van der Waals surface area contributed by atoms with E-state index in [1.165, 1.54) is 0 Å². The molecule has 0 heterocycles. The summed E-state index contributed by atoms with van der Waals surface area (Å²) in [4.78, 5) is 0. The van der Waals surface area contributed by atoms with Crippen LogP contribution >= 0.6 is 0 Å². The summed E-state index contributed by atoms with van der Waals surface area (Å²) in [6, 6.07) is 5.90. The molecule has 0 saturated carbocycles. The monoisotopic (exact) mass is 249 g/mol. The Balaban J connectivity index is 2.71. The van der Waals surface area contributed by atoms with Gasteiger partial charge in [-0.15, -0.1) is 6.58 Å². The van der Waals surface area contributed by atoms with E-state index in [2.05, 4.69) is 18.8 Å². The molecule has 1 aromatic rings. The van der Waals surface area contributed by atoms with Crippen molar-refractivity contribution in [1.82, 2.24) is 5.32 Å². The molecule has 1 rings (SSSR count). The maximum Gasteiger partial charge on any atom is 0.124 e. The van der Waals surface area contributed by atoms with Crippen molar-refractivity contribution >= 4 is 0 Å². The third-order valence-corrected chi connectivity index (χ3v) is 2.62. The second kappa shape index (κ2) is 7.77. The molecule has 0 radical (unpaired) electrons. The Morgan fingerprint density at radius 2 is 2.17 bits per heavy atom. The Labute approximate surface area is 110 Å². The van der Waals surface area contributed by atoms with Crippen molar-refractivity contribution in [2.75, 3.05) is 20.3 Å². The van der Waals surface area contributed by atoms with Gasteiger partial charge in [0, 0.05) is 18.5 Å². The minimum Gasteiger partial charge on any atom is -0.497 e. The molecular weight excluding hydrogens is 226 g/mol. The first-order valence-corrected chi connectivity index (χ1v) is 6.32. The highest BCUT2D eigenvalue weighted by Crippen LogP contribution is 2.24. The summed E-state index contributed by atoms with van der Waals surface area (Å²) in [5.74, 6) is 1.77. The number of benzene rings is 1. The third kappa shape index (κ3) is 4.80. The van der Waals surface area contributed by atoms with Gasteiger partial charge in [0.15, 0.2) is 0 Å². The number of methoxy groups -OCH3 is 1. The quantitative estimate of drug-likeness (QED) is 0.718. The number of hydrogen-bond donors (Lipinski definition) is 1. The Bertz CT molecular complexity index is 388. The molecule has 0 spiro atoms. The molecule has 0 bridgehead atoms. The average molecular weight is 249 g/mol. The topological polar surface area (TPSA) is 30.5 Å². The molecule has 0 aliphatic rings. The smallest absolute Gasteiger partial charge is 0.124 e. The summed E-state index contributed by atoms with van der Waals surface area (Å²) < 4.78 is 11.0. The van der Waals surface area contributed by atoms with Crippen LogP contribution < -0.4 is 14.8 Å². The van der Waals surface area contributed by atoms with E-state index < -0.39 is 0 Å². The first kappa shape index (κ1) is 14.6. The minimum absolute atomic E-state index is 0.667. The van der Waals surface area contributed by atoms with Crippen LogP contribution in [0.3, 0.4) is 0 Å². The first-order valence-electron chi connectivity index (χ1n) is 6.32. The number of ether oxygens (including phenoxy) is 2. The van der Waals surface area contributed by atoms with E-state index >= 15 is 0 Å². The molecule has 0 aliphatic heterocycles. The highest BCUT2D eigenvalue weighted by Gasteiger charge is 2.05. The summed E-state index contributed by atoms with van der Waals surface area (Å²) in [6.07, 6.45) is 0.882. The molecule has 0 fully saturated rings. The van der Waals surface area contributed by atoms with Crippen molar-refractivity contribution in [2.45, 2.75) is 26.8 Å². The molecular formula is C15H23NO2. The van der Waals surface area contributed by atoms with Gasteiger partial charge in [-0.2, -0.15) is 0 Å². The lowest BCUT2D eigenvalue weighted by atomic mass is 10.2. The van der Waals surface area contributed by atoms with Gasteiger partial charge < -0.3 is 14.8 Å². The van der Waals surface area contributed by atoms with Gasteiger partial charge in [0.2, 0.25) is 0 Å². The van der Waals surface area contributed by atoms with Gasteiger partial charge in [0.1, 0.15) is 11.5 Å². The van der Waals surface area contributed by atoms with Crippen molar-refractivity contribution in [1.29, 1.82) is 0 Å². The molecule has 1 N–H and O–H groups in total. The molecule has 3 nitrogen and oxygen atoms in total. The Hall–Kier alpha value is -1.48. The highest BCUT2D eigenvalue weighted by atomic mass is 16.5. The fourth-order valence-corrected chi connectivity index (χ4v) is 1.56. The molecule has 3 heteroatoms. The van der Waals surface area contributed by atoms with Crippen molar-refractivity contribution in [2.24, 2.45) is 0 Å². The van der Waals surface area contributed by atoms with E-state index in [1.54, 1.807) is 7.11 Å². The molecule has 100 valence electrons. The average Bonchev–Trinajstić information content (AvgIpc) is 2.36. The zero-order valence-corrected chi connectivity index (χ0v) is 11.6. The van der Waals surface area contributed by atoms with Crippen LogP contribution in [0.25, 0.3) is 0 Å². The molecule has 0 aromatic heterocycles. The van der Waals surface area contributed by atoms with Gasteiger partial charge in [-0.1, -0.05) is 12.5 Å². The predicted molar refractivity (Wildman–Crippen MR) is 75.3 cm³/mol. The van der Waals surface area contributed by atoms with E-state index in [0.29, 0.717) is 6.61 Å². The minimum atomic E-state index is 0.667. The van der Waals surface area contributed by atoms with E-state index in [1.807, 2.05) is 25.1 Å². The summed E-state index contributed by atoms with van der Waals surface area (Å²) in [5.41, 5.74) is 2.26. The number of nitrogens with one attached hydrogen (secondary N) is 1. The second-order valence-electron chi connectivity index (χ2n) is 4.31. The summed E-state index contributed by atoms with van der Waals surface area (Å²) >= 11 is 0. The van der Waals surface area contributed by atoms with Crippen LogP contribution in [-0.4, -0.2) is 20.3 Å². The van der Waals surface area contributed by atoms with Crippen molar-refractivity contribution in [3.05, 3.63) is 35.9 Å². The lowest BCUT2D eigenvalue weighted by Gasteiger charge is -2.13. The van der Waals surface area contributed by atoms with Crippen molar-refractivity contribution in [3.8, 4) is 11.5 Å². The fourth-order valence-electron chi connectivity index (χ4n) is 1.56. The lowest BCUT2D eigenvalue weighted by molar-refractivity contribution is 0.316. The van der Waals surface area contributed by atoms with Crippen LogP contribution in [0, 0.1) is 0 Å². The summed E-state index contributed by atoms with van der Waals surface area (Å²) in [6.45, 7) is 10.4. The van der Waals surface area contributed by atoms with Gasteiger partial charge in [-0.3, -0.25) is 0 Å². The lowest BCUT2D eigenvalue weighted by Crippen LogP contribution is -2.13. The Kier molecular flexibility index (Phi) is 6.29. The van der Waals surface area contributed by atoms with Crippen LogP contribution in [0.4, 0.5) is 0 Å². The maximum absolute atomic E-state index is 5.79. The van der Waals surface area contributed by atoms with E-state index in [0.717, 1.165) is 42.1 Å². The second-order valence-corrected chi connectivity index (χ2v) is 4.31. The van der Waals surface area contributed by atoms with Gasteiger partial charge in [-0.25, -0.2) is 0 Å². The molecule has 18 heavy (non-hydrogen) atoms. The van der Waals surface area contributed by atoms with Gasteiger partial charge in [0.05, 0.1) is 13.7 Å². The molecule has 0 unspecified atom stereocenters. The zero-order chi connectivity index (χ0) is 13.4. The van der Waals surface area contributed by atoms with Crippen molar-refractivity contribution in [3.63, 3.8) is 0 Å². The molecule has 0 atom stereocenters. The zero-order valence-electron chi connectivity index (χ0n) is 11.6. The maximum atomic E-state index is 5.79. The Morgan fingerprint density at radius 3 is 2.78 bits per heavy atom. The first-order chi connectivity index (χ1) is 8.67. The van der Waals surface area contributed by atoms with Crippen LogP contribution in [0.5, 0.6) is 11.5 Å². The highest BCUT2D eigenvalue weighted by molar-refractivity contribution is 5.40. The van der Waals surface area contributed by atoms with Gasteiger partial charge >= 0.3 is 0 Å². The Morgan fingerprint density at radius 1 is 1.39 bits per heavy atom. The van der Waals surface area contributed by atoms with Crippen molar-refractivity contribution < 1.29 is 9.47 Å². The van der Waals surface area contributed by atoms with Crippen LogP contribution in [0.15, 0.2) is 30.4 Å². The molecule has 0 amide bonds. The van der Waals surface area contributed by atoms with Crippen LogP contribution in [0.2, 0.25) is 0 Å². The predicted octanol–water partition coefficient (Wildman–Crippen LogP) is 3.15. The third-order valence-electron chi connectivity index (χ3n) is 2.62. The normalized spacial score (nSPS) is 10.2. The van der Waals surface area contributed by atoms with E-state index in [4.69, 9.17) is 9.47 Å². The number of rotatable bonds is 8. The van der Waals surface area contributed by atoms with Crippen LogP contribution in [-0.2, 0) is 6.54 Å². The van der Waals surface area contributed by atoms with Gasteiger partial charge in [-0.05, 0) is 31.7 Å². The van der Waals surface area contributed by atoms with E-state index in [9.17, 15) is 0 Å². The SMILES string of the molecule is C=C(C)CCOc1ccc(OC)cc1CNCC.